The van der Waals surface area contributed by atoms with Gasteiger partial charge in [0.25, 0.3) is 5.91 Å². The Morgan fingerprint density at radius 1 is 1.32 bits per heavy atom. The summed E-state index contributed by atoms with van der Waals surface area (Å²) in [7, 11) is 1.47. The van der Waals surface area contributed by atoms with Crippen LogP contribution in [0.2, 0.25) is 5.02 Å². The molecule has 0 aromatic heterocycles. The van der Waals surface area contributed by atoms with E-state index in [2.05, 4.69) is 19.2 Å². The van der Waals surface area contributed by atoms with Gasteiger partial charge in [0.15, 0.2) is 11.5 Å². The van der Waals surface area contributed by atoms with E-state index in [-0.39, 0.29) is 17.1 Å². The molecule has 1 aromatic rings. The summed E-state index contributed by atoms with van der Waals surface area (Å²) in [6, 6.07) is 3.01. The van der Waals surface area contributed by atoms with Gasteiger partial charge < -0.3 is 19.9 Å². The Morgan fingerprint density at radius 2 is 1.96 bits per heavy atom. The first-order valence-corrected chi connectivity index (χ1v) is 8.48. The van der Waals surface area contributed by atoms with Gasteiger partial charge in [0.2, 0.25) is 0 Å². The van der Waals surface area contributed by atoms with Crippen molar-refractivity contribution in [2.75, 3.05) is 20.3 Å². The van der Waals surface area contributed by atoms with Crippen molar-refractivity contribution in [3.05, 3.63) is 22.7 Å². The van der Waals surface area contributed by atoms with E-state index in [0.29, 0.717) is 24.0 Å². The monoisotopic (exact) mass is 371 g/mol. The Balaban J connectivity index is 2.89. The number of amides is 1. The molecule has 1 aromatic carbocycles. The van der Waals surface area contributed by atoms with Gasteiger partial charge in [0.1, 0.15) is 0 Å². The van der Waals surface area contributed by atoms with Crippen LogP contribution in [0.5, 0.6) is 11.5 Å². The largest absolute Gasteiger partial charge is 0.493 e. The highest BCUT2D eigenvalue weighted by molar-refractivity contribution is 6.32. The van der Waals surface area contributed by atoms with Crippen molar-refractivity contribution in [2.24, 2.45) is 11.3 Å². The molecule has 25 heavy (non-hydrogen) atoms. The summed E-state index contributed by atoms with van der Waals surface area (Å²) in [6.07, 6.45) is 0.867. The number of ether oxygens (including phenoxy) is 2. The highest BCUT2D eigenvalue weighted by Gasteiger charge is 2.28. The zero-order valence-electron chi connectivity index (χ0n) is 15.3. The van der Waals surface area contributed by atoms with Gasteiger partial charge in [-0.2, -0.15) is 0 Å². The Hall–Kier alpha value is -1.95. The standard InChI is InChI=1S/C18H26ClNO5/c1-11(2)6-7-25-15-13(19)8-12(9-14(15)24-5)16(21)20-10-18(3,4)17(22)23/h8-9,11H,6-7,10H2,1-5H3,(H,20,21)(H,22,23). The van der Waals surface area contributed by atoms with E-state index in [1.807, 2.05) is 0 Å². The Bertz CT molecular complexity index is 628. The number of halogens is 1. The number of carboxylic acids is 1. The molecule has 0 heterocycles. The van der Waals surface area contributed by atoms with Gasteiger partial charge in [-0.3, -0.25) is 9.59 Å². The first kappa shape index (κ1) is 21.1. The maximum absolute atomic E-state index is 12.3. The fraction of sp³-hybridized carbons (Fsp3) is 0.556. The normalized spacial score (nSPS) is 11.3. The van der Waals surface area contributed by atoms with Gasteiger partial charge in [-0.1, -0.05) is 25.4 Å². The van der Waals surface area contributed by atoms with Crippen LogP contribution < -0.4 is 14.8 Å². The zero-order chi connectivity index (χ0) is 19.2. The van der Waals surface area contributed by atoms with Gasteiger partial charge >= 0.3 is 5.97 Å². The lowest BCUT2D eigenvalue weighted by Crippen LogP contribution is -2.38. The fourth-order valence-electron chi connectivity index (χ4n) is 1.87. The molecule has 0 aliphatic rings. The van der Waals surface area contributed by atoms with Crippen LogP contribution in [0.3, 0.4) is 0 Å². The molecule has 0 spiro atoms. The van der Waals surface area contributed by atoms with Crippen LogP contribution in [0.4, 0.5) is 0 Å². The minimum absolute atomic E-state index is 0.00621. The topological polar surface area (TPSA) is 84.9 Å². The molecule has 0 aliphatic carbocycles. The summed E-state index contributed by atoms with van der Waals surface area (Å²) in [4.78, 5) is 23.4. The van der Waals surface area contributed by atoms with Crippen LogP contribution in [0, 0.1) is 11.3 Å². The van der Waals surface area contributed by atoms with Crippen LogP contribution in [0.1, 0.15) is 44.5 Å². The van der Waals surface area contributed by atoms with Crippen molar-refractivity contribution < 1.29 is 24.2 Å². The van der Waals surface area contributed by atoms with Crippen molar-refractivity contribution in [1.29, 1.82) is 0 Å². The molecule has 6 nitrogen and oxygen atoms in total. The second-order valence-corrected chi connectivity index (χ2v) is 7.30. The van der Waals surface area contributed by atoms with Gasteiger partial charge in [-0.25, -0.2) is 0 Å². The van der Waals surface area contributed by atoms with Crippen molar-refractivity contribution in [2.45, 2.75) is 34.1 Å². The molecule has 0 unspecified atom stereocenters. The predicted octanol–water partition coefficient (Wildman–Crippen LogP) is 3.61. The minimum Gasteiger partial charge on any atom is -0.493 e. The SMILES string of the molecule is COc1cc(C(=O)NCC(C)(C)C(=O)O)cc(Cl)c1OCCC(C)C. The number of carbonyl (C=O) groups is 2. The molecule has 1 amide bonds. The molecule has 0 fully saturated rings. The van der Waals surface area contributed by atoms with Crippen molar-refractivity contribution in [1.82, 2.24) is 5.32 Å². The van der Waals surface area contributed by atoms with E-state index in [9.17, 15) is 9.59 Å². The number of methoxy groups -OCH3 is 1. The van der Waals surface area contributed by atoms with E-state index >= 15 is 0 Å². The lowest BCUT2D eigenvalue weighted by Gasteiger charge is -2.20. The summed E-state index contributed by atoms with van der Waals surface area (Å²) >= 11 is 6.23. The molecule has 7 heteroatoms. The van der Waals surface area contributed by atoms with Crippen LogP contribution in [-0.2, 0) is 4.79 Å². The van der Waals surface area contributed by atoms with Gasteiger partial charge in [0, 0.05) is 12.1 Å². The van der Waals surface area contributed by atoms with Crippen molar-refractivity contribution in [3.63, 3.8) is 0 Å². The van der Waals surface area contributed by atoms with Crippen LogP contribution in [0.15, 0.2) is 12.1 Å². The minimum atomic E-state index is -1.07. The molecule has 0 saturated heterocycles. The summed E-state index contributed by atoms with van der Waals surface area (Å²) in [5.74, 6) is -0.167. The average Bonchev–Trinajstić information content (AvgIpc) is 2.53. The number of aliphatic carboxylic acids is 1. The maximum Gasteiger partial charge on any atom is 0.310 e. The molecule has 140 valence electrons. The molecule has 0 bridgehead atoms. The fourth-order valence-corrected chi connectivity index (χ4v) is 2.13. The molecule has 0 atom stereocenters. The predicted molar refractivity (Wildman–Crippen MR) is 96.7 cm³/mol. The third-order valence-corrected chi connectivity index (χ3v) is 3.98. The van der Waals surface area contributed by atoms with Crippen LogP contribution >= 0.6 is 11.6 Å². The second-order valence-electron chi connectivity index (χ2n) is 6.89. The number of hydrogen-bond donors (Lipinski definition) is 2. The van der Waals surface area contributed by atoms with Crippen molar-refractivity contribution >= 4 is 23.5 Å². The Kier molecular flexibility index (Phi) is 7.55. The van der Waals surface area contributed by atoms with Gasteiger partial charge in [-0.15, -0.1) is 0 Å². The van der Waals surface area contributed by atoms with E-state index in [4.69, 9.17) is 26.2 Å². The van der Waals surface area contributed by atoms with E-state index in [1.165, 1.54) is 33.1 Å². The molecule has 0 radical (unpaired) electrons. The van der Waals surface area contributed by atoms with E-state index < -0.39 is 17.3 Å². The summed E-state index contributed by atoms with van der Waals surface area (Å²) in [5, 5.41) is 12.0. The lowest BCUT2D eigenvalue weighted by atomic mass is 9.94. The number of carboxylic acid groups (broad SMARTS) is 1. The number of hydrogen-bond acceptors (Lipinski definition) is 4. The highest BCUT2D eigenvalue weighted by atomic mass is 35.5. The number of nitrogens with one attached hydrogen (secondary N) is 1. The first-order chi connectivity index (χ1) is 11.6. The average molecular weight is 372 g/mol. The Morgan fingerprint density at radius 3 is 2.48 bits per heavy atom. The number of benzene rings is 1. The molecule has 0 saturated carbocycles. The first-order valence-electron chi connectivity index (χ1n) is 8.10. The third kappa shape index (κ3) is 6.12. The lowest BCUT2D eigenvalue weighted by molar-refractivity contribution is -0.146. The number of carbonyl (C=O) groups excluding carboxylic acids is 1. The van der Waals surface area contributed by atoms with Gasteiger partial charge in [-0.05, 0) is 38.3 Å². The smallest absolute Gasteiger partial charge is 0.310 e. The maximum atomic E-state index is 12.3. The van der Waals surface area contributed by atoms with Crippen LogP contribution in [0.25, 0.3) is 0 Å². The number of rotatable bonds is 9. The molecule has 0 aliphatic heterocycles. The molecular formula is C18H26ClNO5. The molecule has 2 N–H and O–H groups in total. The van der Waals surface area contributed by atoms with Crippen molar-refractivity contribution in [3.8, 4) is 11.5 Å². The molecule has 1 rings (SSSR count). The highest BCUT2D eigenvalue weighted by Crippen LogP contribution is 2.36. The Labute approximate surface area is 153 Å². The van der Waals surface area contributed by atoms with E-state index in [1.54, 1.807) is 0 Å². The zero-order valence-corrected chi connectivity index (χ0v) is 16.1. The molecular weight excluding hydrogens is 346 g/mol. The summed E-state index contributed by atoms with van der Waals surface area (Å²) in [6.45, 7) is 7.74. The summed E-state index contributed by atoms with van der Waals surface area (Å²) < 4.78 is 11.0. The van der Waals surface area contributed by atoms with E-state index in [0.717, 1.165) is 6.42 Å². The van der Waals surface area contributed by atoms with Gasteiger partial charge in [0.05, 0.1) is 24.2 Å². The summed E-state index contributed by atoms with van der Waals surface area (Å²) in [5.41, 5.74) is -0.789. The quantitative estimate of drug-likeness (QED) is 0.692. The van der Waals surface area contributed by atoms with Crippen LogP contribution in [-0.4, -0.2) is 37.2 Å². The third-order valence-electron chi connectivity index (χ3n) is 3.70. The second kappa shape index (κ2) is 8.94.